The number of amides is 1. The summed E-state index contributed by atoms with van der Waals surface area (Å²) in [5.41, 5.74) is -1.16. The highest BCUT2D eigenvalue weighted by atomic mass is 19.4. The first-order valence-corrected chi connectivity index (χ1v) is 7.69. The Morgan fingerprint density at radius 1 is 1.24 bits per heavy atom. The molecular weight excluding hydrogens is 339 g/mol. The summed E-state index contributed by atoms with van der Waals surface area (Å²) in [4.78, 5) is 21.9. The van der Waals surface area contributed by atoms with E-state index in [1.165, 1.54) is 11.9 Å². The Morgan fingerprint density at radius 2 is 1.88 bits per heavy atom. The van der Waals surface area contributed by atoms with Gasteiger partial charge in [0, 0.05) is 51.4 Å². The lowest BCUT2D eigenvalue weighted by atomic mass is 10.1. The van der Waals surface area contributed by atoms with Crippen molar-refractivity contribution in [1.82, 2.24) is 24.6 Å². The van der Waals surface area contributed by atoms with E-state index in [1.807, 2.05) is 0 Å². The van der Waals surface area contributed by atoms with Crippen LogP contribution in [0.15, 0.2) is 24.5 Å². The molecule has 0 unspecified atom stereocenters. The molecule has 0 aromatic carbocycles. The van der Waals surface area contributed by atoms with Gasteiger partial charge in [0.25, 0.3) is 5.91 Å². The minimum atomic E-state index is -4.58. The summed E-state index contributed by atoms with van der Waals surface area (Å²) in [6, 6.07) is 2.73. The molecule has 3 rings (SSSR count). The largest absolute Gasteiger partial charge is 0.460 e. The molecule has 0 bridgehead atoms. The van der Waals surface area contributed by atoms with Crippen LogP contribution in [-0.2, 0) is 13.2 Å². The van der Waals surface area contributed by atoms with Gasteiger partial charge >= 0.3 is 12.2 Å². The van der Waals surface area contributed by atoms with Crippen molar-refractivity contribution in [2.75, 3.05) is 13.1 Å². The van der Waals surface area contributed by atoms with Gasteiger partial charge in [0.1, 0.15) is 11.8 Å². The summed E-state index contributed by atoms with van der Waals surface area (Å²) in [5, 5.41) is 3.37. The van der Waals surface area contributed by atoms with Gasteiger partial charge in [0.05, 0.1) is 0 Å². The van der Waals surface area contributed by atoms with Gasteiger partial charge in [0.2, 0.25) is 0 Å². The van der Waals surface area contributed by atoms with Crippen LogP contribution in [0.2, 0.25) is 0 Å². The second-order valence-corrected chi connectivity index (χ2v) is 5.68. The van der Waals surface area contributed by atoms with Crippen molar-refractivity contribution < 1.29 is 22.7 Å². The molecule has 1 aliphatic rings. The molecule has 1 amide bonds. The fourth-order valence-corrected chi connectivity index (χ4v) is 2.64. The smallest absolute Gasteiger partial charge is 0.435 e. The van der Waals surface area contributed by atoms with Gasteiger partial charge in [-0.05, 0) is 6.07 Å². The quantitative estimate of drug-likeness (QED) is 0.841. The first kappa shape index (κ1) is 17.2. The van der Waals surface area contributed by atoms with Crippen LogP contribution < -0.4 is 4.74 Å². The molecule has 134 valence electrons. The SMILES string of the molecule is Cn1nc(C(F)(F)F)cc1C(=O)N1CCC(Oc2ncccn2)CC1. The monoisotopic (exact) mass is 355 g/mol. The van der Waals surface area contributed by atoms with Crippen molar-refractivity contribution in [3.63, 3.8) is 0 Å². The Kier molecular flexibility index (Phi) is 4.60. The van der Waals surface area contributed by atoms with Gasteiger partial charge in [0.15, 0.2) is 5.69 Å². The Bertz CT molecular complexity index is 739. The van der Waals surface area contributed by atoms with Crippen LogP contribution in [0.3, 0.4) is 0 Å². The van der Waals surface area contributed by atoms with Gasteiger partial charge in [-0.15, -0.1) is 0 Å². The maximum atomic E-state index is 12.7. The first-order chi connectivity index (χ1) is 11.8. The van der Waals surface area contributed by atoms with Crippen LogP contribution >= 0.6 is 0 Å². The number of hydrogen-bond donors (Lipinski definition) is 0. The molecule has 7 nitrogen and oxygen atoms in total. The topological polar surface area (TPSA) is 73.1 Å². The van der Waals surface area contributed by atoms with Crippen LogP contribution in [0.1, 0.15) is 29.0 Å². The molecule has 0 spiro atoms. The molecule has 3 heterocycles. The van der Waals surface area contributed by atoms with E-state index < -0.39 is 17.8 Å². The number of halogens is 3. The Balaban J connectivity index is 1.61. The van der Waals surface area contributed by atoms with Gasteiger partial charge in [-0.25, -0.2) is 9.97 Å². The third-order valence-corrected chi connectivity index (χ3v) is 3.93. The predicted molar refractivity (Wildman–Crippen MR) is 79.8 cm³/mol. The molecule has 1 saturated heterocycles. The summed E-state index contributed by atoms with van der Waals surface area (Å²) in [5.74, 6) is -0.472. The van der Waals surface area contributed by atoms with E-state index in [4.69, 9.17) is 4.74 Å². The average Bonchev–Trinajstić information content (AvgIpc) is 2.98. The molecular formula is C15H16F3N5O2. The Labute approximate surface area is 141 Å². The molecule has 2 aromatic rings. The van der Waals surface area contributed by atoms with Crippen molar-refractivity contribution in [1.29, 1.82) is 0 Å². The number of alkyl halides is 3. The van der Waals surface area contributed by atoms with Crippen molar-refractivity contribution in [3.05, 3.63) is 35.9 Å². The van der Waals surface area contributed by atoms with E-state index >= 15 is 0 Å². The minimum Gasteiger partial charge on any atom is -0.460 e. The number of aromatic nitrogens is 4. The van der Waals surface area contributed by atoms with Gasteiger partial charge in [-0.3, -0.25) is 9.48 Å². The number of rotatable bonds is 3. The lowest BCUT2D eigenvalue weighted by molar-refractivity contribution is -0.141. The zero-order chi connectivity index (χ0) is 18.0. The summed E-state index contributed by atoms with van der Waals surface area (Å²) in [7, 11) is 1.32. The van der Waals surface area contributed by atoms with E-state index in [2.05, 4.69) is 15.1 Å². The lowest BCUT2D eigenvalue weighted by Gasteiger charge is -2.31. The number of ether oxygens (including phenoxy) is 1. The number of carbonyl (C=O) groups is 1. The number of piperidine rings is 1. The lowest BCUT2D eigenvalue weighted by Crippen LogP contribution is -2.42. The van der Waals surface area contributed by atoms with E-state index in [0.717, 1.165) is 10.7 Å². The Hall–Kier alpha value is -2.65. The molecule has 0 saturated carbocycles. The zero-order valence-corrected chi connectivity index (χ0v) is 13.4. The molecule has 0 aliphatic carbocycles. The molecule has 2 aromatic heterocycles. The van der Waals surface area contributed by atoms with Crippen molar-refractivity contribution in [3.8, 4) is 6.01 Å². The fourth-order valence-electron chi connectivity index (χ4n) is 2.64. The van der Waals surface area contributed by atoms with E-state index in [0.29, 0.717) is 25.9 Å². The third kappa shape index (κ3) is 3.89. The number of hydrogen-bond acceptors (Lipinski definition) is 5. The van der Waals surface area contributed by atoms with Gasteiger partial charge in [-0.1, -0.05) is 0 Å². The van der Waals surface area contributed by atoms with E-state index in [-0.39, 0.29) is 17.8 Å². The summed E-state index contributed by atoms with van der Waals surface area (Å²) >= 11 is 0. The maximum Gasteiger partial charge on any atom is 0.435 e. The molecule has 25 heavy (non-hydrogen) atoms. The third-order valence-electron chi connectivity index (χ3n) is 3.93. The highest BCUT2D eigenvalue weighted by Crippen LogP contribution is 2.29. The van der Waals surface area contributed by atoms with Gasteiger partial charge in [-0.2, -0.15) is 18.3 Å². The number of likely N-dealkylation sites (tertiary alicyclic amines) is 1. The number of aryl methyl sites for hydroxylation is 1. The highest BCUT2D eigenvalue weighted by molar-refractivity contribution is 5.92. The molecule has 0 atom stereocenters. The maximum absolute atomic E-state index is 12.7. The first-order valence-electron chi connectivity index (χ1n) is 7.69. The van der Waals surface area contributed by atoms with Crippen LogP contribution in [-0.4, -0.2) is 49.7 Å². The van der Waals surface area contributed by atoms with Gasteiger partial charge < -0.3 is 9.64 Å². The fraction of sp³-hybridized carbons (Fsp3) is 0.467. The van der Waals surface area contributed by atoms with E-state index in [9.17, 15) is 18.0 Å². The molecule has 0 radical (unpaired) electrons. The average molecular weight is 355 g/mol. The van der Waals surface area contributed by atoms with Crippen LogP contribution in [0.5, 0.6) is 6.01 Å². The molecule has 0 N–H and O–H groups in total. The zero-order valence-electron chi connectivity index (χ0n) is 13.4. The standard InChI is InChI=1S/C15H16F3N5O2/c1-22-11(9-12(21-22)15(16,17)18)13(24)23-7-3-10(4-8-23)25-14-19-5-2-6-20-14/h2,5-6,9-10H,3-4,7-8H2,1H3. The van der Waals surface area contributed by atoms with Crippen molar-refractivity contribution >= 4 is 5.91 Å². The van der Waals surface area contributed by atoms with Crippen molar-refractivity contribution in [2.24, 2.45) is 7.05 Å². The van der Waals surface area contributed by atoms with Crippen LogP contribution in [0.4, 0.5) is 13.2 Å². The summed E-state index contributed by atoms with van der Waals surface area (Å²) < 4.78 is 44.7. The van der Waals surface area contributed by atoms with Crippen LogP contribution in [0.25, 0.3) is 0 Å². The Morgan fingerprint density at radius 3 is 2.44 bits per heavy atom. The molecule has 1 fully saturated rings. The summed E-state index contributed by atoms with van der Waals surface area (Å²) in [6.07, 6.45) is -0.471. The molecule has 1 aliphatic heterocycles. The normalized spacial score (nSPS) is 16.1. The van der Waals surface area contributed by atoms with Crippen molar-refractivity contribution in [2.45, 2.75) is 25.1 Å². The van der Waals surface area contributed by atoms with Crippen LogP contribution in [0, 0.1) is 0 Å². The highest BCUT2D eigenvalue weighted by Gasteiger charge is 2.36. The number of nitrogens with zero attached hydrogens (tertiary/aromatic N) is 5. The predicted octanol–water partition coefficient (Wildman–Crippen LogP) is 1.91. The molecule has 10 heteroatoms. The minimum absolute atomic E-state index is 0.0851. The summed E-state index contributed by atoms with van der Waals surface area (Å²) in [6.45, 7) is 0.756. The van der Waals surface area contributed by atoms with E-state index in [1.54, 1.807) is 18.5 Å². The second kappa shape index (κ2) is 6.69. The second-order valence-electron chi connectivity index (χ2n) is 5.68. The number of carbonyl (C=O) groups excluding carboxylic acids is 1.